The molecule has 0 aliphatic carbocycles. The van der Waals surface area contributed by atoms with Crippen molar-refractivity contribution in [1.29, 1.82) is 0 Å². The Morgan fingerprint density at radius 1 is 1.57 bits per heavy atom. The molecule has 0 aromatic carbocycles. The fourth-order valence-electron chi connectivity index (χ4n) is 1.21. The molecule has 0 spiro atoms. The Labute approximate surface area is 92.3 Å². The SMILES string of the molecule is CC(C)C(CBr)Cn1cnccc1=O. The van der Waals surface area contributed by atoms with E-state index in [0.29, 0.717) is 11.8 Å². The molecule has 0 radical (unpaired) electrons. The van der Waals surface area contributed by atoms with Gasteiger partial charge in [-0.1, -0.05) is 29.8 Å². The summed E-state index contributed by atoms with van der Waals surface area (Å²) in [7, 11) is 0. The Morgan fingerprint density at radius 3 is 2.79 bits per heavy atom. The minimum Gasteiger partial charge on any atom is -0.299 e. The number of aromatic nitrogens is 2. The van der Waals surface area contributed by atoms with Gasteiger partial charge in [-0.3, -0.25) is 9.36 Å². The van der Waals surface area contributed by atoms with E-state index in [4.69, 9.17) is 0 Å². The van der Waals surface area contributed by atoms with Gasteiger partial charge in [-0.05, 0) is 11.8 Å². The zero-order valence-corrected chi connectivity index (χ0v) is 10.1. The van der Waals surface area contributed by atoms with Crippen LogP contribution in [0.5, 0.6) is 0 Å². The third kappa shape index (κ3) is 2.94. The summed E-state index contributed by atoms with van der Waals surface area (Å²) in [6, 6.07) is 1.49. The number of nitrogens with zero attached hydrogens (tertiary/aromatic N) is 2. The van der Waals surface area contributed by atoms with Crippen molar-refractivity contribution in [2.45, 2.75) is 20.4 Å². The van der Waals surface area contributed by atoms with Crippen LogP contribution in [-0.4, -0.2) is 14.9 Å². The lowest BCUT2D eigenvalue weighted by Crippen LogP contribution is -2.26. The smallest absolute Gasteiger partial charge is 0.253 e. The van der Waals surface area contributed by atoms with Gasteiger partial charge < -0.3 is 0 Å². The predicted octanol–water partition coefficient (Wildman–Crippen LogP) is 1.91. The first-order valence-electron chi connectivity index (χ1n) is 4.71. The van der Waals surface area contributed by atoms with Crippen LogP contribution in [0, 0.1) is 11.8 Å². The van der Waals surface area contributed by atoms with E-state index < -0.39 is 0 Å². The Morgan fingerprint density at radius 2 is 2.29 bits per heavy atom. The van der Waals surface area contributed by atoms with Crippen molar-refractivity contribution in [1.82, 2.24) is 9.55 Å². The lowest BCUT2D eigenvalue weighted by atomic mass is 9.98. The van der Waals surface area contributed by atoms with Crippen LogP contribution in [-0.2, 0) is 6.54 Å². The number of halogens is 1. The van der Waals surface area contributed by atoms with Crippen LogP contribution in [0.4, 0.5) is 0 Å². The average molecular weight is 259 g/mol. The first-order chi connectivity index (χ1) is 6.65. The molecule has 78 valence electrons. The molecule has 0 bridgehead atoms. The van der Waals surface area contributed by atoms with E-state index in [1.807, 2.05) is 0 Å². The summed E-state index contributed by atoms with van der Waals surface area (Å²) < 4.78 is 1.66. The molecule has 1 aromatic rings. The number of rotatable bonds is 4. The van der Waals surface area contributed by atoms with E-state index in [9.17, 15) is 4.79 Å². The Bertz CT molecular complexity index is 335. The average Bonchev–Trinajstić information content (AvgIpc) is 2.16. The fraction of sp³-hybridized carbons (Fsp3) is 0.600. The van der Waals surface area contributed by atoms with Crippen molar-refractivity contribution in [3.63, 3.8) is 0 Å². The van der Waals surface area contributed by atoms with Gasteiger partial charge in [0.2, 0.25) is 0 Å². The zero-order chi connectivity index (χ0) is 10.6. The van der Waals surface area contributed by atoms with Gasteiger partial charge in [0.25, 0.3) is 5.56 Å². The lowest BCUT2D eigenvalue weighted by Gasteiger charge is -2.18. The van der Waals surface area contributed by atoms with Crippen molar-refractivity contribution in [2.24, 2.45) is 11.8 Å². The summed E-state index contributed by atoms with van der Waals surface area (Å²) >= 11 is 3.46. The summed E-state index contributed by atoms with van der Waals surface area (Å²) in [4.78, 5) is 15.3. The van der Waals surface area contributed by atoms with Crippen molar-refractivity contribution in [3.8, 4) is 0 Å². The number of hydrogen-bond acceptors (Lipinski definition) is 2. The molecule has 0 aliphatic heterocycles. The molecular formula is C10H15BrN2O. The van der Waals surface area contributed by atoms with Crippen molar-refractivity contribution < 1.29 is 0 Å². The Hall–Kier alpha value is -0.640. The summed E-state index contributed by atoms with van der Waals surface area (Å²) in [6.45, 7) is 5.05. The monoisotopic (exact) mass is 258 g/mol. The van der Waals surface area contributed by atoms with Gasteiger partial charge in [-0.25, -0.2) is 4.98 Å². The second-order valence-electron chi connectivity index (χ2n) is 3.73. The van der Waals surface area contributed by atoms with Gasteiger partial charge in [0, 0.05) is 24.1 Å². The zero-order valence-electron chi connectivity index (χ0n) is 8.48. The molecule has 1 rings (SSSR count). The third-order valence-electron chi connectivity index (χ3n) is 2.36. The Kier molecular flexibility index (Phi) is 4.32. The molecule has 0 amide bonds. The number of alkyl halides is 1. The minimum atomic E-state index is 0.0200. The molecule has 4 heteroatoms. The molecule has 0 saturated heterocycles. The first-order valence-corrected chi connectivity index (χ1v) is 5.83. The molecule has 1 atom stereocenters. The van der Waals surface area contributed by atoms with E-state index >= 15 is 0 Å². The van der Waals surface area contributed by atoms with Gasteiger partial charge in [-0.15, -0.1) is 0 Å². The third-order valence-corrected chi connectivity index (χ3v) is 3.20. The van der Waals surface area contributed by atoms with Gasteiger partial charge in [-0.2, -0.15) is 0 Å². The molecule has 0 fully saturated rings. The summed E-state index contributed by atoms with van der Waals surface area (Å²) in [6.07, 6.45) is 3.12. The van der Waals surface area contributed by atoms with Crippen LogP contribution in [0.15, 0.2) is 23.4 Å². The standard InChI is InChI=1S/C10H15BrN2O/c1-8(2)9(5-11)6-13-7-12-4-3-10(13)14/h3-4,7-9H,5-6H2,1-2H3. The molecule has 1 unspecified atom stereocenters. The highest BCUT2D eigenvalue weighted by Gasteiger charge is 2.12. The van der Waals surface area contributed by atoms with Gasteiger partial charge >= 0.3 is 0 Å². The molecule has 14 heavy (non-hydrogen) atoms. The predicted molar refractivity (Wildman–Crippen MR) is 60.6 cm³/mol. The molecule has 1 heterocycles. The largest absolute Gasteiger partial charge is 0.299 e. The van der Waals surface area contributed by atoms with Crippen LogP contribution in [0.25, 0.3) is 0 Å². The highest BCUT2D eigenvalue weighted by atomic mass is 79.9. The van der Waals surface area contributed by atoms with E-state index in [1.165, 1.54) is 12.3 Å². The normalized spacial score (nSPS) is 13.1. The van der Waals surface area contributed by atoms with Crippen LogP contribution in [0.2, 0.25) is 0 Å². The first kappa shape index (κ1) is 11.4. The van der Waals surface area contributed by atoms with Gasteiger partial charge in [0.05, 0.1) is 6.33 Å². The topological polar surface area (TPSA) is 34.9 Å². The highest BCUT2D eigenvalue weighted by molar-refractivity contribution is 9.09. The van der Waals surface area contributed by atoms with Crippen LogP contribution in [0.1, 0.15) is 13.8 Å². The van der Waals surface area contributed by atoms with E-state index in [-0.39, 0.29) is 5.56 Å². The van der Waals surface area contributed by atoms with E-state index in [2.05, 4.69) is 34.8 Å². The van der Waals surface area contributed by atoms with Crippen LogP contribution < -0.4 is 5.56 Å². The molecular weight excluding hydrogens is 244 g/mol. The molecule has 1 aromatic heterocycles. The van der Waals surface area contributed by atoms with Crippen molar-refractivity contribution in [2.75, 3.05) is 5.33 Å². The van der Waals surface area contributed by atoms with Gasteiger partial charge in [0.15, 0.2) is 0 Å². The van der Waals surface area contributed by atoms with Crippen LogP contribution >= 0.6 is 15.9 Å². The van der Waals surface area contributed by atoms with E-state index in [0.717, 1.165) is 11.9 Å². The molecule has 0 N–H and O–H groups in total. The minimum absolute atomic E-state index is 0.0200. The molecule has 0 saturated carbocycles. The molecule has 0 aliphatic rings. The maximum atomic E-state index is 11.4. The maximum Gasteiger partial charge on any atom is 0.253 e. The quantitative estimate of drug-likeness (QED) is 0.774. The summed E-state index contributed by atoms with van der Waals surface area (Å²) in [5.41, 5.74) is 0.0200. The van der Waals surface area contributed by atoms with Crippen molar-refractivity contribution >= 4 is 15.9 Å². The fourth-order valence-corrected chi connectivity index (χ4v) is 2.16. The lowest BCUT2D eigenvalue weighted by molar-refractivity contribution is 0.367. The van der Waals surface area contributed by atoms with Crippen LogP contribution in [0.3, 0.4) is 0 Å². The maximum absolute atomic E-state index is 11.4. The number of hydrogen-bond donors (Lipinski definition) is 0. The molecule has 3 nitrogen and oxygen atoms in total. The second kappa shape index (κ2) is 5.29. The summed E-state index contributed by atoms with van der Waals surface area (Å²) in [5, 5.41) is 0.909. The second-order valence-corrected chi connectivity index (χ2v) is 4.38. The highest BCUT2D eigenvalue weighted by Crippen LogP contribution is 2.14. The van der Waals surface area contributed by atoms with E-state index in [1.54, 1.807) is 10.9 Å². The van der Waals surface area contributed by atoms with Gasteiger partial charge in [0.1, 0.15) is 0 Å². The van der Waals surface area contributed by atoms with Crippen molar-refractivity contribution in [3.05, 3.63) is 28.9 Å². The Balaban J connectivity index is 2.77. The summed E-state index contributed by atoms with van der Waals surface area (Å²) in [5.74, 6) is 1.03.